The lowest BCUT2D eigenvalue weighted by molar-refractivity contribution is -0.802. The van der Waals surface area contributed by atoms with Gasteiger partial charge in [-0.1, -0.05) is 31.5 Å². The summed E-state index contributed by atoms with van der Waals surface area (Å²) < 4.78 is 0.644. The molecule has 1 aliphatic rings. The fraction of sp³-hybridized carbons (Fsp3) is 0.300. The molecule has 1 atom stereocenters. The van der Waals surface area contributed by atoms with E-state index in [2.05, 4.69) is 48.7 Å². The molecule has 0 radical (unpaired) electrons. The summed E-state index contributed by atoms with van der Waals surface area (Å²) in [5.74, 6) is 0.349. The molecule has 0 saturated heterocycles. The summed E-state index contributed by atoms with van der Waals surface area (Å²) in [7, 11) is 1.98. The molecule has 1 aromatic carbocycles. The van der Waals surface area contributed by atoms with E-state index >= 15 is 0 Å². The summed E-state index contributed by atoms with van der Waals surface area (Å²) in [4.78, 5) is 10.1. The number of aliphatic imine (C=N–C) groups is 1. The fourth-order valence-corrected chi connectivity index (χ4v) is 4.63. The van der Waals surface area contributed by atoms with Crippen molar-refractivity contribution >= 4 is 29.7 Å². The number of thioether (sulfide) groups is 1. The van der Waals surface area contributed by atoms with Crippen molar-refractivity contribution in [1.82, 2.24) is 10.3 Å². The lowest BCUT2D eigenvalue weighted by atomic mass is 10.1. The standard InChI is InChI=1S/C20H24ClN4S/c1-15(2)19-20(26-18-6-4-5-17(21)11-18)25(13-22-3,14-24-19)12-16-7-9-23-10-8-16/h4-11,14-15,22H,12-13H2,1-3H3/q+1. The first-order valence-corrected chi connectivity index (χ1v) is 9.87. The summed E-state index contributed by atoms with van der Waals surface area (Å²) in [5.41, 5.74) is 2.37. The quantitative estimate of drug-likeness (QED) is 0.687. The van der Waals surface area contributed by atoms with E-state index in [0.29, 0.717) is 10.4 Å². The molecule has 4 nitrogen and oxygen atoms in total. The van der Waals surface area contributed by atoms with Gasteiger partial charge in [-0.15, -0.1) is 0 Å². The second-order valence-electron chi connectivity index (χ2n) is 6.71. The molecule has 136 valence electrons. The Kier molecular flexibility index (Phi) is 6.14. The molecule has 0 bridgehead atoms. The molecule has 0 aliphatic carbocycles. The minimum Gasteiger partial charge on any atom is -0.273 e. The molecular weight excluding hydrogens is 364 g/mol. The van der Waals surface area contributed by atoms with E-state index in [-0.39, 0.29) is 0 Å². The third-order valence-electron chi connectivity index (χ3n) is 4.25. The van der Waals surface area contributed by atoms with Gasteiger partial charge < -0.3 is 0 Å². The molecule has 0 amide bonds. The zero-order valence-electron chi connectivity index (χ0n) is 15.3. The average molecular weight is 388 g/mol. The Balaban J connectivity index is 2.02. The molecule has 0 saturated carbocycles. The van der Waals surface area contributed by atoms with Crippen LogP contribution in [-0.2, 0) is 6.54 Å². The lowest BCUT2D eigenvalue weighted by Gasteiger charge is -2.32. The number of pyridine rings is 1. The van der Waals surface area contributed by atoms with Crippen molar-refractivity contribution in [2.24, 2.45) is 10.9 Å². The van der Waals surface area contributed by atoms with Crippen LogP contribution in [0.5, 0.6) is 0 Å². The molecule has 0 spiro atoms. The largest absolute Gasteiger partial charge is 0.273 e. The summed E-state index contributed by atoms with van der Waals surface area (Å²) in [6.07, 6.45) is 5.75. The smallest absolute Gasteiger partial charge is 0.201 e. The van der Waals surface area contributed by atoms with Crippen LogP contribution in [0.15, 0.2) is 69.4 Å². The van der Waals surface area contributed by atoms with Gasteiger partial charge >= 0.3 is 0 Å². The maximum Gasteiger partial charge on any atom is 0.201 e. The third-order valence-corrected chi connectivity index (χ3v) is 5.74. The van der Waals surface area contributed by atoms with Crippen LogP contribution in [0.3, 0.4) is 0 Å². The maximum atomic E-state index is 6.21. The van der Waals surface area contributed by atoms with Crippen molar-refractivity contribution < 1.29 is 4.48 Å². The lowest BCUT2D eigenvalue weighted by Crippen LogP contribution is -2.48. The third kappa shape index (κ3) is 4.18. The van der Waals surface area contributed by atoms with Crippen molar-refractivity contribution in [3.63, 3.8) is 0 Å². The zero-order chi connectivity index (χ0) is 18.6. The summed E-state index contributed by atoms with van der Waals surface area (Å²) >= 11 is 7.96. The first kappa shape index (κ1) is 19.1. The number of hydrogen-bond acceptors (Lipinski definition) is 4. The molecule has 1 unspecified atom stereocenters. The molecular formula is C20H24ClN4S+. The van der Waals surface area contributed by atoms with E-state index < -0.39 is 0 Å². The summed E-state index contributed by atoms with van der Waals surface area (Å²) in [5, 5.41) is 5.34. The van der Waals surface area contributed by atoms with Crippen LogP contribution in [0.4, 0.5) is 0 Å². The van der Waals surface area contributed by atoms with Gasteiger partial charge in [0.15, 0.2) is 6.34 Å². The average Bonchev–Trinajstić information content (AvgIpc) is 2.94. The van der Waals surface area contributed by atoms with Crippen LogP contribution < -0.4 is 5.32 Å². The van der Waals surface area contributed by atoms with E-state index in [9.17, 15) is 0 Å². The van der Waals surface area contributed by atoms with Gasteiger partial charge in [-0.25, -0.2) is 9.48 Å². The predicted molar refractivity (Wildman–Crippen MR) is 110 cm³/mol. The molecule has 1 aromatic heterocycles. The van der Waals surface area contributed by atoms with Crippen molar-refractivity contribution in [2.75, 3.05) is 13.7 Å². The highest BCUT2D eigenvalue weighted by Gasteiger charge is 2.40. The maximum absolute atomic E-state index is 6.21. The fourth-order valence-electron chi connectivity index (χ4n) is 3.07. The highest BCUT2D eigenvalue weighted by Crippen LogP contribution is 2.42. The van der Waals surface area contributed by atoms with E-state index in [1.54, 1.807) is 11.8 Å². The Bertz CT molecular complexity index is 820. The number of aromatic nitrogens is 1. The number of nitrogens with zero attached hydrogens (tertiary/aromatic N) is 3. The van der Waals surface area contributed by atoms with Crippen LogP contribution in [0.25, 0.3) is 0 Å². The zero-order valence-corrected chi connectivity index (χ0v) is 16.9. The van der Waals surface area contributed by atoms with Gasteiger partial charge in [0.1, 0.15) is 18.9 Å². The Hall–Kier alpha value is -1.66. The highest BCUT2D eigenvalue weighted by atomic mass is 35.5. The summed E-state index contributed by atoms with van der Waals surface area (Å²) in [6, 6.07) is 12.1. The van der Waals surface area contributed by atoms with Crippen molar-refractivity contribution in [1.29, 1.82) is 0 Å². The van der Waals surface area contributed by atoms with Gasteiger partial charge in [-0.3, -0.25) is 10.3 Å². The SMILES string of the molecule is CNC[N+]1(Cc2ccncc2)C=NC(C(C)C)=C1Sc1cccc(Cl)c1. The first-order chi connectivity index (χ1) is 12.5. The van der Waals surface area contributed by atoms with E-state index in [4.69, 9.17) is 16.6 Å². The molecule has 0 fully saturated rings. The van der Waals surface area contributed by atoms with Gasteiger partial charge in [0, 0.05) is 33.8 Å². The Morgan fingerprint density at radius 3 is 2.62 bits per heavy atom. The molecule has 3 rings (SSSR count). The van der Waals surface area contributed by atoms with Crippen molar-refractivity contribution in [2.45, 2.75) is 25.3 Å². The molecule has 2 aromatic rings. The van der Waals surface area contributed by atoms with E-state index in [1.807, 2.05) is 37.6 Å². The van der Waals surface area contributed by atoms with Crippen molar-refractivity contribution in [3.05, 3.63) is 70.1 Å². The number of nitrogens with one attached hydrogen (secondary N) is 1. The van der Waals surface area contributed by atoms with Crippen LogP contribution in [0, 0.1) is 5.92 Å². The number of rotatable bonds is 7. The van der Waals surface area contributed by atoms with Crippen LogP contribution in [0.1, 0.15) is 19.4 Å². The van der Waals surface area contributed by atoms with Gasteiger partial charge in [0.25, 0.3) is 0 Å². The second-order valence-corrected chi connectivity index (χ2v) is 8.21. The first-order valence-electron chi connectivity index (χ1n) is 8.68. The molecule has 26 heavy (non-hydrogen) atoms. The van der Waals surface area contributed by atoms with Crippen LogP contribution in [-0.4, -0.2) is 29.5 Å². The van der Waals surface area contributed by atoms with Gasteiger partial charge in [0.05, 0.1) is 0 Å². The van der Waals surface area contributed by atoms with Crippen LogP contribution >= 0.6 is 23.4 Å². The number of benzene rings is 1. The number of halogens is 1. The summed E-state index contributed by atoms with van der Waals surface area (Å²) in [6.45, 7) is 5.98. The van der Waals surface area contributed by atoms with Crippen molar-refractivity contribution in [3.8, 4) is 0 Å². The number of hydrogen-bond donors (Lipinski definition) is 1. The van der Waals surface area contributed by atoms with Crippen LogP contribution in [0.2, 0.25) is 5.02 Å². The minimum atomic E-state index is 0.349. The number of quaternary nitrogens is 1. The number of allylic oxidation sites excluding steroid dienone is 1. The Morgan fingerprint density at radius 1 is 1.19 bits per heavy atom. The van der Waals surface area contributed by atoms with Gasteiger partial charge in [-0.05, 0) is 49.1 Å². The minimum absolute atomic E-state index is 0.349. The second kappa shape index (κ2) is 8.35. The van der Waals surface area contributed by atoms with Gasteiger partial charge in [-0.2, -0.15) is 0 Å². The predicted octanol–water partition coefficient (Wildman–Crippen LogP) is 4.89. The van der Waals surface area contributed by atoms with E-state index in [0.717, 1.165) is 28.8 Å². The molecule has 2 heterocycles. The highest BCUT2D eigenvalue weighted by molar-refractivity contribution is 8.02. The topological polar surface area (TPSA) is 37.3 Å². The Morgan fingerprint density at radius 2 is 1.96 bits per heavy atom. The molecule has 1 N–H and O–H groups in total. The van der Waals surface area contributed by atoms with E-state index in [1.165, 1.54) is 10.6 Å². The molecule has 1 aliphatic heterocycles. The van der Waals surface area contributed by atoms with Gasteiger partial charge in [0.2, 0.25) is 5.03 Å². The Labute approximate surface area is 164 Å². The molecule has 6 heteroatoms. The monoisotopic (exact) mass is 387 g/mol. The normalized spacial score (nSPS) is 19.6.